The van der Waals surface area contributed by atoms with Crippen molar-refractivity contribution in [1.82, 2.24) is 0 Å². The molecule has 5 aromatic carbocycles. The van der Waals surface area contributed by atoms with E-state index in [0.29, 0.717) is 0 Å². The smallest absolute Gasteiger partial charge is 0.0102 e. The summed E-state index contributed by atoms with van der Waals surface area (Å²) >= 11 is 0. The molecule has 0 heteroatoms. The fourth-order valence-corrected chi connectivity index (χ4v) is 5.53. The molecule has 0 bridgehead atoms. The minimum absolute atomic E-state index is 1.23. The van der Waals surface area contributed by atoms with Crippen LogP contribution in [0.1, 0.15) is 35.1 Å². The number of rotatable bonds is 0. The van der Waals surface area contributed by atoms with E-state index in [1.807, 2.05) is 0 Å². The summed E-state index contributed by atoms with van der Waals surface area (Å²) < 4.78 is 0. The van der Waals surface area contributed by atoms with Gasteiger partial charge >= 0.3 is 0 Å². The molecule has 0 aliphatic heterocycles. The molecule has 0 saturated heterocycles. The molecule has 0 spiro atoms. The summed E-state index contributed by atoms with van der Waals surface area (Å²) in [6.45, 7) is 0. The van der Waals surface area contributed by atoms with E-state index >= 15 is 0 Å². The highest BCUT2D eigenvalue weighted by Gasteiger charge is 2.13. The van der Waals surface area contributed by atoms with Crippen LogP contribution in [0.4, 0.5) is 0 Å². The zero-order chi connectivity index (χ0) is 19.9. The molecule has 0 heterocycles. The van der Waals surface area contributed by atoms with Crippen molar-refractivity contribution in [3.05, 3.63) is 107 Å². The van der Waals surface area contributed by atoms with E-state index in [1.54, 1.807) is 11.1 Å². The van der Waals surface area contributed by atoms with Gasteiger partial charge in [-0.2, -0.15) is 0 Å². The number of hydrogen-bond donors (Lipinski definition) is 0. The van der Waals surface area contributed by atoms with E-state index < -0.39 is 0 Å². The third-order valence-corrected chi connectivity index (χ3v) is 7.00. The first kappa shape index (κ1) is 17.7. The van der Waals surface area contributed by atoms with Gasteiger partial charge in [-0.1, -0.05) is 84.9 Å². The molecular formula is C30H26. The van der Waals surface area contributed by atoms with Crippen LogP contribution >= 0.6 is 0 Å². The molecule has 0 unspecified atom stereocenters. The Morgan fingerprint density at radius 2 is 1.10 bits per heavy atom. The topological polar surface area (TPSA) is 0 Å². The Labute approximate surface area is 178 Å². The van der Waals surface area contributed by atoms with E-state index in [1.165, 1.54) is 82.0 Å². The van der Waals surface area contributed by atoms with Crippen molar-refractivity contribution < 1.29 is 0 Å². The summed E-state index contributed by atoms with van der Waals surface area (Å²) in [6.07, 6.45) is 7.68. The summed E-state index contributed by atoms with van der Waals surface area (Å²) in [5, 5.41) is 8.56. The lowest BCUT2D eigenvalue weighted by molar-refractivity contribution is 0.690. The zero-order valence-electron chi connectivity index (χ0n) is 17.3. The molecule has 2 aliphatic rings. The first-order valence-electron chi connectivity index (χ1n) is 11.3. The number of fused-ring (bicyclic) bond motifs is 5. The van der Waals surface area contributed by atoms with Crippen LogP contribution in [0.3, 0.4) is 0 Å². The van der Waals surface area contributed by atoms with Crippen LogP contribution in [0, 0.1) is 0 Å². The second kappa shape index (κ2) is 7.29. The molecule has 5 aromatic rings. The molecule has 2 aliphatic carbocycles. The molecular weight excluding hydrogens is 360 g/mol. The van der Waals surface area contributed by atoms with Crippen molar-refractivity contribution in [2.75, 3.05) is 0 Å². The highest BCUT2D eigenvalue weighted by Crippen LogP contribution is 2.33. The average molecular weight is 387 g/mol. The maximum absolute atomic E-state index is 2.35. The predicted octanol–water partition coefficient (Wildman–Crippen LogP) is 7.81. The van der Waals surface area contributed by atoms with Gasteiger partial charge in [0.1, 0.15) is 0 Å². The van der Waals surface area contributed by atoms with Gasteiger partial charge in [-0.05, 0) is 93.1 Å². The van der Waals surface area contributed by atoms with E-state index in [9.17, 15) is 0 Å². The van der Waals surface area contributed by atoms with Crippen molar-refractivity contribution in [3.8, 4) is 0 Å². The maximum atomic E-state index is 2.35. The summed E-state index contributed by atoms with van der Waals surface area (Å²) in [7, 11) is 0. The van der Waals surface area contributed by atoms with Crippen molar-refractivity contribution >= 4 is 32.3 Å². The average Bonchev–Trinajstić information content (AvgIpc) is 3.24. The monoisotopic (exact) mass is 386 g/mol. The van der Waals surface area contributed by atoms with Gasteiger partial charge in [-0.25, -0.2) is 0 Å². The van der Waals surface area contributed by atoms with E-state index in [-0.39, 0.29) is 0 Å². The number of aryl methyl sites for hydroxylation is 4. The van der Waals surface area contributed by atoms with Crippen LogP contribution in [0.2, 0.25) is 0 Å². The SMILES string of the molecule is c1cc2c3c(cccc3c1)CC2.c1ccc2c(c1)ccc1c3c(ccc12)CCCC3. The Balaban J connectivity index is 0.000000126. The lowest BCUT2D eigenvalue weighted by atomic mass is 9.86. The number of hydrogen-bond acceptors (Lipinski definition) is 0. The van der Waals surface area contributed by atoms with Crippen molar-refractivity contribution in [3.63, 3.8) is 0 Å². The van der Waals surface area contributed by atoms with Gasteiger partial charge in [-0.3, -0.25) is 0 Å². The molecule has 0 N–H and O–H groups in total. The molecule has 0 amide bonds. The van der Waals surface area contributed by atoms with E-state index in [2.05, 4.69) is 84.9 Å². The van der Waals surface area contributed by atoms with Gasteiger partial charge in [-0.15, -0.1) is 0 Å². The molecule has 0 fully saturated rings. The molecule has 0 nitrogen and oxygen atoms in total. The third kappa shape index (κ3) is 2.91. The highest BCUT2D eigenvalue weighted by molar-refractivity contribution is 6.08. The molecule has 7 rings (SSSR count). The van der Waals surface area contributed by atoms with E-state index in [0.717, 1.165) is 0 Å². The Morgan fingerprint density at radius 3 is 1.93 bits per heavy atom. The molecule has 0 radical (unpaired) electrons. The minimum atomic E-state index is 1.23. The first-order chi connectivity index (χ1) is 14.9. The first-order valence-corrected chi connectivity index (χ1v) is 11.3. The standard InChI is InChI=1S/C18H16.C12H10/c1-3-7-15-13(5-1)9-11-18-16-8-4-2-6-14(16)10-12-17(15)18;1-3-9-4-2-6-11-8-7-10(5-1)12(9)11/h1,3,5,7,9-12H,2,4,6,8H2;1-6H,7-8H2. The highest BCUT2D eigenvalue weighted by atomic mass is 14.2. The van der Waals surface area contributed by atoms with Crippen LogP contribution in [-0.2, 0) is 25.7 Å². The van der Waals surface area contributed by atoms with Gasteiger partial charge in [0.25, 0.3) is 0 Å². The van der Waals surface area contributed by atoms with Crippen LogP contribution in [0.5, 0.6) is 0 Å². The molecule has 0 atom stereocenters. The van der Waals surface area contributed by atoms with Crippen LogP contribution in [0.25, 0.3) is 32.3 Å². The van der Waals surface area contributed by atoms with Crippen LogP contribution < -0.4 is 0 Å². The van der Waals surface area contributed by atoms with Gasteiger partial charge in [0.15, 0.2) is 0 Å². The largest absolute Gasteiger partial charge is 0.0616 e. The Morgan fingerprint density at radius 1 is 0.400 bits per heavy atom. The maximum Gasteiger partial charge on any atom is -0.0102 e. The Bertz CT molecular complexity index is 1350. The predicted molar refractivity (Wildman–Crippen MR) is 129 cm³/mol. The Kier molecular flexibility index (Phi) is 4.30. The molecule has 0 saturated carbocycles. The van der Waals surface area contributed by atoms with Gasteiger partial charge in [0, 0.05) is 0 Å². The van der Waals surface area contributed by atoms with Crippen molar-refractivity contribution in [2.24, 2.45) is 0 Å². The third-order valence-electron chi connectivity index (χ3n) is 7.00. The lowest BCUT2D eigenvalue weighted by Gasteiger charge is -2.18. The van der Waals surface area contributed by atoms with Crippen molar-refractivity contribution in [1.29, 1.82) is 0 Å². The minimum Gasteiger partial charge on any atom is -0.0616 e. The molecule has 0 aromatic heterocycles. The Hall–Kier alpha value is -3.12. The molecule has 30 heavy (non-hydrogen) atoms. The molecule has 146 valence electrons. The summed E-state index contributed by atoms with van der Waals surface area (Å²) in [5.41, 5.74) is 6.24. The summed E-state index contributed by atoms with van der Waals surface area (Å²) in [6, 6.07) is 31.2. The number of benzene rings is 5. The summed E-state index contributed by atoms with van der Waals surface area (Å²) in [4.78, 5) is 0. The van der Waals surface area contributed by atoms with Gasteiger partial charge in [0.2, 0.25) is 0 Å². The second-order valence-corrected chi connectivity index (χ2v) is 8.72. The van der Waals surface area contributed by atoms with Crippen molar-refractivity contribution in [2.45, 2.75) is 38.5 Å². The van der Waals surface area contributed by atoms with Crippen LogP contribution in [-0.4, -0.2) is 0 Å². The van der Waals surface area contributed by atoms with E-state index in [4.69, 9.17) is 0 Å². The van der Waals surface area contributed by atoms with Gasteiger partial charge in [0.05, 0.1) is 0 Å². The van der Waals surface area contributed by atoms with Crippen LogP contribution in [0.15, 0.2) is 84.9 Å². The second-order valence-electron chi connectivity index (χ2n) is 8.72. The fraction of sp³-hybridized carbons (Fsp3) is 0.200. The lowest BCUT2D eigenvalue weighted by Crippen LogP contribution is -2.02. The van der Waals surface area contributed by atoms with Gasteiger partial charge < -0.3 is 0 Å². The quantitative estimate of drug-likeness (QED) is 0.238. The fourth-order valence-electron chi connectivity index (χ4n) is 5.53. The summed E-state index contributed by atoms with van der Waals surface area (Å²) in [5.74, 6) is 0. The zero-order valence-corrected chi connectivity index (χ0v) is 17.3. The normalized spacial score (nSPS) is 14.5.